The molecule has 9 nitrogen and oxygen atoms in total. The third kappa shape index (κ3) is 3.78. The van der Waals surface area contributed by atoms with Gasteiger partial charge >= 0.3 is 12.1 Å². The molecule has 0 unspecified atom stereocenters. The number of carbonyl (C=O) groups excluding carboxylic acids is 2. The molecule has 1 atom stereocenters. The standard InChI is InChI=1S/C19H23N5O4/c1-2-15-22-16(28-23-15)13-4-6-14(7-5-13)21-17(25)24-10-3-8-19(9-11-24)12-20-18(26)27-19/h4-7H,2-3,8-12H2,1H3,(H,20,26)(H,21,25)/t19-/m0/s1. The van der Waals surface area contributed by atoms with Crippen LogP contribution in [-0.4, -0.2) is 52.4 Å². The summed E-state index contributed by atoms with van der Waals surface area (Å²) in [7, 11) is 0. The van der Waals surface area contributed by atoms with Gasteiger partial charge in [-0.05, 0) is 37.1 Å². The normalized spacial score (nSPS) is 21.9. The lowest BCUT2D eigenvalue weighted by Gasteiger charge is -2.25. The van der Waals surface area contributed by atoms with Crippen molar-refractivity contribution in [3.8, 4) is 11.5 Å². The summed E-state index contributed by atoms with van der Waals surface area (Å²) in [5.41, 5.74) is 1.02. The summed E-state index contributed by atoms with van der Waals surface area (Å²) in [6, 6.07) is 7.14. The predicted octanol–water partition coefficient (Wildman–Crippen LogP) is 2.80. The van der Waals surface area contributed by atoms with Crippen LogP contribution in [0, 0.1) is 0 Å². The molecule has 9 heteroatoms. The highest BCUT2D eigenvalue weighted by atomic mass is 16.6. The Morgan fingerprint density at radius 1 is 1.29 bits per heavy atom. The Morgan fingerprint density at radius 2 is 2.11 bits per heavy atom. The molecule has 2 N–H and O–H groups in total. The number of nitrogens with one attached hydrogen (secondary N) is 2. The quantitative estimate of drug-likeness (QED) is 0.841. The van der Waals surface area contributed by atoms with E-state index in [-0.39, 0.29) is 12.1 Å². The van der Waals surface area contributed by atoms with Gasteiger partial charge in [0.2, 0.25) is 0 Å². The number of urea groups is 1. The van der Waals surface area contributed by atoms with Crippen molar-refractivity contribution >= 4 is 17.8 Å². The second-order valence-corrected chi connectivity index (χ2v) is 7.14. The van der Waals surface area contributed by atoms with Gasteiger partial charge in [-0.25, -0.2) is 9.59 Å². The van der Waals surface area contributed by atoms with E-state index in [1.54, 1.807) is 4.90 Å². The number of benzene rings is 1. The molecule has 0 bridgehead atoms. The number of aromatic nitrogens is 2. The summed E-state index contributed by atoms with van der Waals surface area (Å²) in [6.45, 7) is 3.65. The molecule has 2 saturated heterocycles. The van der Waals surface area contributed by atoms with E-state index < -0.39 is 5.60 Å². The first-order valence-corrected chi connectivity index (χ1v) is 9.53. The number of anilines is 1. The van der Waals surface area contributed by atoms with Crippen LogP contribution in [0.3, 0.4) is 0 Å². The summed E-state index contributed by atoms with van der Waals surface area (Å²) in [4.78, 5) is 30.1. The zero-order chi connectivity index (χ0) is 19.6. The van der Waals surface area contributed by atoms with Gasteiger partial charge in [0.25, 0.3) is 5.89 Å². The van der Waals surface area contributed by atoms with E-state index >= 15 is 0 Å². The number of carbonyl (C=O) groups is 2. The Kier molecular flexibility index (Phi) is 4.89. The van der Waals surface area contributed by atoms with Crippen molar-refractivity contribution in [3.63, 3.8) is 0 Å². The minimum absolute atomic E-state index is 0.159. The first kappa shape index (κ1) is 18.3. The summed E-state index contributed by atoms with van der Waals surface area (Å²) in [5, 5.41) is 9.53. The van der Waals surface area contributed by atoms with E-state index in [1.807, 2.05) is 31.2 Å². The van der Waals surface area contributed by atoms with Gasteiger partial charge in [-0.15, -0.1) is 0 Å². The summed E-state index contributed by atoms with van der Waals surface area (Å²) in [6.07, 6.45) is 2.52. The van der Waals surface area contributed by atoms with Gasteiger partial charge in [-0.3, -0.25) is 0 Å². The van der Waals surface area contributed by atoms with E-state index in [9.17, 15) is 9.59 Å². The van der Waals surface area contributed by atoms with E-state index in [0.29, 0.717) is 49.9 Å². The van der Waals surface area contributed by atoms with Crippen LogP contribution in [0.25, 0.3) is 11.5 Å². The Morgan fingerprint density at radius 3 is 2.79 bits per heavy atom. The molecule has 2 aliphatic rings. The molecule has 2 aliphatic heterocycles. The molecule has 4 rings (SSSR count). The monoisotopic (exact) mass is 385 g/mol. The van der Waals surface area contributed by atoms with Crippen molar-refractivity contribution in [2.45, 2.75) is 38.2 Å². The molecule has 1 spiro atoms. The largest absolute Gasteiger partial charge is 0.441 e. The van der Waals surface area contributed by atoms with E-state index in [1.165, 1.54) is 0 Å². The molecule has 2 aromatic rings. The lowest BCUT2D eigenvalue weighted by molar-refractivity contribution is 0.0454. The van der Waals surface area contributed by atoms with Crippen molar-refractivity contribution in [1.29, 1.82) is 0 Å². The maximum absolute atomic E-state index is 12.6. The maximum atomic E-state index is 12.6. The summed E-state index contributed by atoms with van der Waals surface area (Å²) < 4.78 is 10.7. The van der Waals surface area contributed by atoms with Crippen LogP contribution in [-0.2, 0) is 11.2 Å². The molecule has 3 amide bonds. The summed E-state index contributed by atoms with van der Waals surface area (Å²) in [5.74, 6) is 1.13. The van der Waals surface area contributed by atoms with Crippen LogP contribution in [0.2, 0.25) is 0 Å². The van der Waals surface area contributed by atoms with E-state index in [0.717, 1.165) is 18.4 Å². The third-order valence-electron chi connectivity index (χ3n) is 5.22. The molecule has 2 fully saturated rings. The molecule has 3 heterocycles. The zero-order valence-electron chi connectivity index (χ0n) is 15.7. The molecule has 28 heavy (non-hydrogen) atoms. The molecular weight excluding hydrogens is 362 g/mol. The van der Waals surface area contributed by atoms with Gasteiger partial charge in [0.05, 0.1) is 6.54 Å². The maximum Gasteiger partial charge on any atom is 0.407 e. The lowest BCUT2D eigenvalue weighted by atomic mass is 9.95. The van der Waals surface area contributed by atoms with Crippen LogP contribution in [0.15, 0.2) is 28.8 Å². The van der Waals surface area contributed by atoms with E-state index in [2.05, 4.69) is 20.8 Å². The van der Waals surface area contributed by atoms with Gasteiger partial charge in [0.1, 0.15) is 5.60 Å². The first-order chi connectivity index (χ1) is 13.6. The molecule has 1 aromatic heterocycles. The molecule has 0 saturated carbocycles. The Hall–Kier alpha value is -3.10. The molecular formula is C19H23N5O4. The van der Waals surface area contributed by atoms with Crippen molar-refractivity contribution in [1.82, 2.24) is 20.4 Å². The van der Waals surface area contributed by atoms with Crippen LogP contribution in [0.1, 0.15) is 32.0 Å². The number of ether oxygens (including phenoxy) is 1. The second-order valence-electron chi connectivity index (χ2n) is 7.14. The topological polar surface area (TPSA) is 110 Å². The van der Waals surface area contributed by atoms with Gasteiger partial charge in [-0.2, -0.15) is 4.98 Å². The fourth-order valence-corrected chi connectivity index (χ4v) is 3.57. The highest BCUT2D eigenvalue weighted by Crippen LogP contribution is 2.29. The number of hydrogen-bond acceptors (Lipinski definition) is 6. The second kappa shape index (κ2) is 7.49. The fraction of sp³-hybridized carbons (Fsp3) is 0.474. The minimum atomic E-state index is -0.477. The average molecular weight is 385 g/mol. The predicted molar refractivity (Wildman–Crippen MR) is 101 cm³/mol. The smallest absolute Gasteiger partial charge is 0.407 e. The zero-order valence-corrected chi connectivity index (χ0v) is 15.7. The molecule has 0 radical (unpaired) electrons. The lowest BCUT2D eigenvalue weighted by Crippen LogP contribution is -2.38. The van der Waals surface area contributed by atoms with Crippen LogP contribution < -0.4 is 10.6 Å². The highest BCUT2D eigenvalue weighted by molar-refractivity contribution is 5.89. The van der Waals surface area contributed by atoms with Gasteiger partial charge < -0.3 is 24.8 Å². The van der Waals surface area contributed by atoms with Crippen LogP contribution in [0.4, 0.5) is 15.3 Å². The van der Waals surface area contributed by atoms with Crippen LogP contribution in [0.5, 0.6) is 0 Å². The number of amides is 3. The minimum Gasteiger partial charge on any atom is -0.441 e. The number of alkyl carbamates (subject to hydrolysis) is 1. The van der Waals surface area contributed by atoms with Crippen molar-refractivity contribution < 1.29 is 18.8 Å². The van der Waals surface area contributed by atoms with E-state index in [4.69, 9.17) is 9.26 Å². The number of hydrogen-bond donors (Lipinski definition) is 2. The fourth-order valence-electron chi connectivity index (χ4n) is 3.57. The first-order valence-electron chi connectivity index (χ1n) is 9.53. The molecule has 0 aliphatic carbocycles. The Labute approximate surface area is 162 Å². The van der Waals surface area contributed by atoms with Crippen LogP contribution >= 0.6 is 0 Å². The Balaban J connectivity index is 1.36. The Bertz CT molecular complexity index is 865. The SMILES string of the molecule is CCc1noc(-c2ccc(NC(=O)N3CCC[C@]4(CC3)CNC(=O)O4)cc2)n1. The van der Waals surface area contributed by atoms with Gasteiger partial charge in [-0.1, -0.05) is 12.1 Å². The highest BCUT2D eigenvalue weighted by Gasteiger charge is 2.41. The number of nitrogens with zero attached hydrogens (tertiary/aromatic N) is 3. The molecule has 1 aromatic carbocycles. The van der Waals surface area contributed by atoms with Crippen molar-refractivity contribution in [3.05, 3.63) is 30.1 Å². The number of rotatable bonds is 3. The summed E-state index contributed by atoms with van der Waals surface area (Å²) >= 11 is 0. The van der Waals surface area contributed by atoms with Gasteiger partial charge in [0.15, 0.2) is 5.82 Å². The number of likely N-dealkylation sites (tertiary alicyclic amines) is 1. The third-order valence-corrected chi connectivity index (χ3v) is 5.22. The molecule has 148 valence electrons. The number of aryl methyl sites for hydroxylation is 1. The van der Waals surface area contributed by atoms with Crippen molar-refractivity contribution in [2.24, 2.45) is 0 Å². The van der Waals surface area contributed by atoms with Gasteiger partial charge in [0, 0.05) is 37.2 Å². The average Bonchev–Trinajstić information content (AvgIpc) is 3.26. The van der Waals surface area contributed by atoms with Crippen molar-refractivity contribution in [2.75, 3.05) is 25.0 Å².